The van der Waals surface area contributed by atoms with Gasteiger partial charge in [-0.3, -0.25) is 4.52 Å². The van der Waals surface area contributed by atoms with E-state index >= 15 is 0 Å². The number of ether oxygens (including phenoxy) is 1. The minimum atomic E-state index is -4.79. The molecule has 1 aliphatic rings. The van der Waals surface area contributed by atoms with Crippen molar-refractivity contribution in [2.75, 3.05) is 19.8 Å². The average molecular weight is 274 g/mol. The topological polar surface area (TPSA) is 157 Å². The summed E-state index contributed by atoms with van der Waals surface area (Å²) >= 11 is 0. The van der Waals surface area contributed by atoms with Gasteiger partial charge in [0.25, 0.3) is 0 Å². The van der Waals surface area contributed by atoms with Crippen molar-refractivity contribution in [3.05, 3.63) is 0 Å². The number of phosphoric ester groups is 1. The Labute approximate surface area is 96.5 Å². The summed E-state index contributed by atoms with van der Waals surface area (Å²) in [7, 11) is -4.79. The molecule has 0 aromatic carbocycles. The van der Waals surface area contributed by atoms with Gasteiger partial charge in [-0.05, 0) is 0 Å². The summed E-state index contributed by atoms with van der Waals surface area (Å²) in [6.07, 6.45) is -4.26. The van der Waals surface area contributed by atoms with Crippen LogP contribution in [0.4, 0.5) is 0 Å². The minimum absolute atomic E-state index is 0.615. The molecule has 0 aromatic heterocycles. The fourth-order valence-electron chi connectivity index (χ4n) is 1.59. The van der Waals surface area contributed by atoms with Gasteiger partial charge in [-0.2, -0.15) is 0 Å². The molecule has 1 aliphatic heterocycles. The molecule has 9 nitrogen and oxygen atoms in total. The van der Waals surface area contributed by atoms with Crippen molar-refractivity contribution in [2.45, 2.75) is 23.9 Å². The van der Waals surface area contributed by atoms with Crippen molar-refractivity contribution in [1.82, 2.24) is 0 Å². The lowest BCUT2D eigenvalue weighted by Crippen LogP contribution is -2.49. The Kier molecular flexibility index (Phi) is 4.64. The van der Waals surface area contributed by atoms with Crippen molar-refractivity contribution in [3.8, 4) is 0 Å². The molecular formula is C7H15O9P. The van der Waals surface area contributed by atoms with Gasteiger partial charge in [0.15, 0.2) is 0 Å². The van der Waals surface area contributed by atoms with E-state index < -0.39 is 51.6 Å². The number of aliphatic hydroxyl groups excluding tert-OH is 4. The molecule has 10 heteroatoms. The zero-order valence-corrected chi connectivity index (χ0v) is 9.60. The van der Waals surface area contributed by atoms with Gasteiger partial charge in [-0.1, -0.05) is 0 Å². The van der Waals surface area contributed by atoms with Crippen LogP contribution in [0.3, 0.4) is 0 Å². The SMILES string of the molecule is O=P(O)(O)OC[C@]1(CO)O[C@H](CO)[C@@H](O)[C@@H]1O. The molecule has 1 saturated heterocycles. The Morgan fingerprint density at radius 3 is 2.24 bits per heavy atom. The van der Waals surface area contributed by atoms with E-state index in [9.17, 15) is 14.8 Å². The maximum absolute atomic E-state index is 10.5. The fraction of sp³-hybridized carbons (Fsp3) is 1.00. The Bertz CT molecular complexity index is 304. The zero-order valence-electron chi connectivity index (χ0n) is 8.71. The van der Waals surface area contributed by atoms with Crippen LogP contribution in [-0.2, 0) is 13.8 Å². The molecule has 1 heterocycles. The standard InChI is InChI=1S/C7H15O9P/c8-1-4-5(10)6(11)7(2-9,16-4)3-15-17(12,13)14/h4-6,8-11H,1-3H2,(H2,12,13,14)/t4-,5-,6+,7+/m1/s1. The monoisotopic (exact) mass is 274 g/mol. The van der Waals surface area contributed by atoms with Crippen LogP contribution in [0.2, 0.25) is 0 Å². The maximum atomic E-state index is 10.5. The summed E-state index contributed by atoms with van der Waals surface area (Å²) in [6, 6.07) is 0. The first-order chi connectivity index (χ1) is 7.75. The van der Waals surface area contributed by atoms with Gasteiger partial charge >= 0.3 is 7.82 Å². The Morgan fingerprint density at radius 1 is 1.29 bits per heavy atom. The van der Waals surface area contributed by atoms with Gasteiger partial charge in [-0.15, -0.1) is 0 Å². The Hall–Kier alpha value is -0.0900. The van der Waals surface area contributed by atoms with Crippen LogP contribution >= 0.6 is 7.82 Å². The quantitative estimate of drug-likeness (QED) is 0.286. The summed E-state index contributed by atoms with van der Waals surface area (Å²) in [6.45, 7) is -2.26. The molecule has 6 N–H and O–H groups in total. The number of phosphoric acid groups is 1. The molecule has 0 radical (unpaired) electrons. The van der Waals surface area contributed by atoms with Crippen LogP contribution < -0.4 is 0 Å². The lowest BCUT2D eigenvalue weighted by molar-refractivity contribution is -0.139. The highest BCUT2D eigenvalue weighted by molar-refractivity contribution is 7.46. The number of hydrogen-bond acceptors (Lipinski definition) is 7. The predicted octanol–water partition coefficient (Wildman–Crippen LogP) is -3.06. The highest BCUT2D eigenvalue weighted by Crippen LogP contribution is 2.40. The predicted molar refractivity (Wildman–Crippen MR) is 51.8 cm³/mol. The molecule has 0 amide bonds. The molecule has 0 bridgehead atoms. The van der Waals surface area contributed by atoms with Crippen LogP contribution in [0, 0.1) is 0 Å². The lowest BCUT2D eigenvalue weighted by Gasteiger charge is -2.29. The molecule has 17 heavy (non-hydrogen) atoms. The second-order valence-corrected chi connectivity index (χ2v) is 5.00. The second-order valence-electron chi connectivity index (χ2n) is 3.76. The van der Waals surface area contributed by atoms with Crippen LogP contribution in [-0.4, -0.2) is 73.9 Å². The normalized spacial score (nSPS) is 38.6. The molecular weight excluding hydrogens is 259 g/mol. The molecule has 0 aliphatic carbocycles. The van der Waals surface area contributed by atoms with Crippen molar-refractivity contribution in [2.24, 2.45) is 0 Å². The highest BCUT2D eigenvalue weighted by atomic mass is 31.2. The van der Waals surface area contributed by atoms with Gasteiger partial charge in [0.05, 0.1) is 19.8 Å². The van der Waals surface area contributed by atoms with Crippen molar-refractivity contribution < 1.29 is 44.0 Å². The summed E-state index contributed by atoms with van der Waals surface area (Å²) in [5.74, 6) is 0. The number of rotatable bonds is 5. The van der Waals surface area contributed by atoms with Crippen LogP contribution in [0.5, 0.6) is 0 Å². The average Bonchev–Trinajstić information content (AvgIpc) is 2.50. The van der Waals surface area contributed by atoms with E-state index in [2.05, 4.69) is 4.52 Å². The van der Waals surface area contributed by atoms with E-state index in [4.69, 9.17) is 24.7 Å². The van der Waals surface area contributed by atoms with Crippen LogP contribution in [0.15, 0.2) is 0 Å². The van der Waals surface area contributed by atoms with Crippen LogP contribution in [0.1, 0.15) is 0 Å². The van der Waals surface area contributed by atoms with E-state index in [0.717, 1.165) is 0 Å². The summed E-state index contributed by atoms with van der Waals surface area (Å²) in [5.41, 5.74) is -1.87. The molecule has 4 atom stereocenters. The Balaban J connectivity index is 2.79. The van der Waals surface area contributed by atoms with Crippen LogP contribution in [0.25, 0.3) is 0 Å². The van der Waals surface area contributed by atoms with Gasteiger partial charge in [0.2, 0.25) is 0 Å². The van der Waals surface area contributed by atoms with Crippen molar-refractivity contribution in [3.63, 3.8) is 0 Å². The first-order valence-corrected chi connectivity index (χ1v) is 6.24. The Morgan fingerprint density at radius 2 is 1.88 bits per heavy atom. The largest absolute Gasteiger partial charge is 0.469 e. The summed E-state index contributed by atoms with van der Waals surface area (Å²) < 4.78 is 19.7. The molecule has 1 fully saturated rings. The van der Waals surface area contributed by atoms with Gasteiger partial charge < -0.3 is 34.9 Å². The molecule has 0 aromatic rings. The first-order valence-electron chi connectivity index (χ1n) is 4.71. The highest BCUT2D eigenvalue weighted by Gasteiger charge is 2.54. The van der Waals surface area contributed by atoms with E-state index in [1.165, 1.54) is 0 Å². The first kappa shape index (κ1) is 15.0. The van der Waals surface area contributed by atoms with Gasteiger partial charge in [0.1, 0.15) is 23.9 Å². The zero-order chi connectivity index (χ0) is 13.3. The maximum Gasteiger partial charge on any atom is 0.469 e. The van der Waals surface area contributed by atoms with Gasteiger partial charge in [-0.25, -0.2) is 4.57 Å². The third kappa shape index (κ3) is 3.22. The molecule has 1 rings (SSSR count). The third-order valence-electron chi connectivity index (χ3n) is 2.55. The summed E-state index contributed by atoms with van der Waals surface area (Å²) in [4.78, 5) is 17.0. The summed E-state index contributed by atoms with van der Waals surface area (Å²) in [5, 5.41) is 37.0. The number of hydrogen-bond donors (Lipinski definition) is 6. The molecule has 0 unspecified atom stereocenters. The minimum Gasteiger partial charge on any atom is -0.394 e. The lowest BCUT2D eigenvalue weighted by atomic mass is 9.96. The van der Waals surface area contributed by atoms with E-state index in [-0.39, 0.29) is 0 Å². The van der Waals surface area contributed by atoms with E-state index in [0.29, 0.717) is 0 Å². The molecule has 0 saturated carbocycles. The van der Waals surface area contributed by atoms with Gasteiger partial charge in [0, 0.05) is 0 Å². The fourth-order valence-corrected chi connectivity index (χ4v) is 1.98. The molecule has 0 spiro atoms. The van der Waals surface area contributed by atoms with Crippen molar-refractivity contribution in [1.29, 1.82) is 0 Å². The molecule has 102 valence electrons. The van der Waals surface area contributed by atoms with E-state index in [1.807, 2.05) is 0 Å². The van der Waals surface area contributed by atoms with E-state index in [1.54, 1.807) is 0 Å². The third-order valence-corrected chi connectivity index (χ3v) is 3.02. The number of aliphatic hydroxyl groups is 4. The second kappa shape index (κ2) is 5.27. The van der Waals surface area contributed by atoms with Crippen molar-refractivity contribution >= 4 is 7.82 Å². The smallest absolute Gasteiger partial charge is 0.394 e.